The average Bonchev–Trinajstić information content (AvgIpc) is 2.69. The number of allylic oxidation sites excluding steroid dienone is 1. The molecule has 2 aromatic carbocycles. The SMILES string of the molecule is Cc1ccc2c(c1)C(C1CCCCC1)CC(OC(=O)Cc1ccccc1)=C2. The summed E-state index contributed by atoms with van der Waals surface area (Å²) < 4.78 is 5.83. The number of esters is 1. The molecule has 0 aliphatic heterocycles. The molecule has 1 fully saturated rings. The van der Waals surface area contributed by atoms with Crippen molar-refractivity contribution in [3.8, 4) is 0 Å². The van der Waals surface area contributed by atoms with Gasteiger partial charge in [0.25, 0.3) is 0 Å². The lowest BCUT2D eigenvalue weighted by atomic mass is 9.72. The average molecular weight is 360 g/mol. The van der Waals surface area contributed by atoms with Crippen LogP contribution in [0.1, 0.15) is 66.7 Å². The molecule has 27 heavy (non-hydrogen) atoms. The summed E-state index contributed by atoms with van der Waals surface area (Å²) in [7, 11) is 0. The first-order valence-electron chi connectivity index (χ1n) is 10.2. The van der Waals surface area contributed by atoms with Gasteiger partial charge in [-0.25, -0.2) is 0 Å². The van der Waals surface area contributed by atoms with Gasteiger partial charge in [0.05, 0.1) is 6.42 Å². The summed E-state index contributed by atoms with van der Waals surface area (Å²) in [5, 5.41) is 0. The minimum absolute atomic E-state index is 0.162. The van der Waals surface area contributed by atoms with Crippen LogP contribution in [-0.2, 0) is 16.0 Å². The van der Waals surface area contributed by atoms with Gasteiger partial charge in [0, 0.05) is 6.42 Å². The highest BCUT2D eigenvalue weighted by atomic mass is 16.5. The Morgan fingerprint density at radius 1 is 1.04 bits per heavy atom. The Hall–Kier alpha value is -2.35. The minimum atomic E-state index is -0.162. The van der Waals surface area contributed by atoms with Crippen molar-refractivity contribution in [2.75, 3.05) is 0 Å². The third-order valence-corrected chi connectivity index (χ3v) is 6.03. The fourth-order valence-corrected chi connectivity index (χ4v) is 4.68. The zero-order valence-corrected chi connectivity index (χ0v) is 16.1. The fraction of sp³-hybridized carbons (Fsp3) is 0.400. The number of aryl methyl sites for hydroxylation is 1. The van der Waals surface area contributed by atoms with Crippen molar-refractivity contribution in [1.82, 2.24) is 0 Å². The first-order chi connectivity index (χ1) is 13.2. The topological polar surface area (TPSA) is 26.3 Å². The van der Waals surface area contributed by atoms with Gasteiger partial charge >= 0.3 is 5.97 Å². The first-order valence-corrected chi connectivity index (χ1v) is 10.2. The van der Waals surface area contributed by atoms with Crippen LogP contribution in [0.5, 0.6) is 0 Å². The standard InChI is InChI=1S/C25H28O2/c1-18-12-13-21-16-22(27-25(26)15-19-8-4-2-5-9-19)17-24(23(21)14-18)20-10-6-3-7-11-20/h2,4-5,8-9,12-14,16,20,24H,3,6-7,10-11,15,17H2,1H3. The van der Waals surface area contributed by atoms with E-state index in [2.05, 4.69) is 31.2 Å². The van der Waals surface area contributed by atoms with Crippen molar-refractivity contribution in [2.45, 2.75) is 57.8 Å². The van der Waals surface area contributed by atoms with Crippen LogP contribution in [0, 0.1) is 12.8 Å². The lowest BCUT2D eigenvalue weighted by molar-refractivity contribution is -0.138. The van der Waals surface area contributed by atoms with Crippen molar-refractivity contribution in [2.24, 2.45) is 5.92 Å². The predicted octanol–water partition coefficient (Wildman–Crippen LogP) is 6.19. The number of hydrogen-bond donors (Lipinski definition) is 0. The molecule has 2 heteroatoms. The van der Waals surface area contributed by atoms with E-state index in [1.54, 1.807) is 0 Å². The Balaban J connectivity index is 1.54. The summed E-state index contributed by atoms with van der Waals surface area (Å²) >= 11 is 0. The fourth-order valence-electron chi connectivity index (χ4n) is 4.68. The maximum atomic E-state index is 12.5. The summed E-state index contributed by atoms with van der Waals surface area (Å²) in [5.41, 5.74) is 4.99. The van der Waals surface area contributed by atoms with E-state index < -0.39 is 0 Å². The quantitative estimate of drug-likeness (QED) is 0.608. The van der Waals surface area contributed by atoms with Gasteiger partial charge in [-0.05, 0) is 54.4 Å². The predicted molar refractivity (Wildman–Crippen MR) is 109 cm³/mol. The van der Waals surface area contributed by atoms with Gasteiger partial charge in [0.15, 0.2) is 0 Å². The third-order valence-electron chi connectivity index (χ3n) is 6.03. The molecule has 0 N–H and O–H groups in total. The second kappa shape index (κ2) is 8.12. The van der Waals surface area contributed by atoms with Crippen LogP contribution in [0.4, 0.5) is 0 Å². The number of hydrogen-bond acceptors (Lipinski definition) is 2. The second-order valence-corrected chi connectivity index (χ2v) is 8.09. The molecule has 2 nitrogen and oxygen atoms in total. The van der Waals surface area contributed by atoms with Crippen LogP contribution in [-0.4, -0.2) is 5.97 Å². The molecule has 2 aliphatic carbocycles. The highest BCUT2D eigenvalue weighted by Crippen LogP contribution is 2.44. The number of carbonyl (C=O) groups excluding carboxylic acids is 1. The molecule has 1 atom stereocenters. The van der Waals surface area contributed by atoms with E-state index in [0.29, 0.717) is 18.3 Å². The van der Waals surface area contributed by atoms with Gasteiger partial charge in [-0.3, -0.25) is 4.79 Å². The smallest absolute Gasteiger partial charge is 0.315 e. The summed E-state index contributed by atoms with van der Waals surface area (Å²) in [6.07, 6.45) is 9.86. The minimum Gasteiger partial charge on any atom is -0.431 e. The summed E-state index contributed by atoms with van der Waals surface area (Å²) in [4.78, 5) is 12.5. The maximum absolute atomic E-state index is 12.5. The lowest BCUT2D eigenvalue weighted by Crippen LogP contribution is -2.21. The molecular weight excluding hydrogens is 332 g/mol. The van der Waals surface area contributed by atoms with E-state index in [9.17, 15) is 4.79 Å². The Kier molecular flexibility index (Phi) is 5.42. The zero-order chi connectivity index (χ0) is 18.6. The number of fused-ring (bicyclic) bond motifs is 1. The molecule has 0 bridgehead atoms. The van der Waals surface area contributed by atoms with E-state index in [4.69, 9.17) is 4.74 Å². The van der Waals surface area contributed by atoms with Crippen LogP contribution >= 0.6 is 0 Å². The summed E-state index contributed by atoms with van der Waals surface area (Å²) in [6.45, 7) is 2.16. The van der Waals surface area contributed by atoms with Crippen molar-refractivity contribution < 1.29 is 9.53 Å². The van der Waals surface area contributed by atoms with Crippen LogP contribution in [0.25, 0.3) is 6.08 Å². The van der Waals surface area contributed by atoms with E-state index in [-0.39, 0.29) is 5.97 Å². The van der Waals surface area contributed by atoms with Crippen molar-refractivity contribution in [1.29, 1.82) is 0 Å². The van der Waals surface area contributed by atoms with Gasteiger partial charge in [0.1, 0.15) is 5.76 Å². The molecule has 0 aromatic heterocycles. The van der Waals surface area contributed by atoms with E-state index in [1.807, 2.05) is 30.3 Å². The molecule has 4 rings (SSSR count). The molecule has 1 unspecified atom stereocenters. The van der Waals surface area contributed by atoms with Crippen LogP contribution < -0.4 is 0 Å². The Morgan fingerprint density at radius 2 is 1.81 bits per heavy atom. The zero-order valence-electron chi connectivity index (χ0n) is 16.1. The molecule has 0 spiro atoms. The Labute approximate surface area is 162 Å². The number of rotatable bonds is 4. The molecule has 1 saturated carbocycles. The van der Waals surface area contributed by atoms with Gasteiger partial charge in [-0.1, -0.05) is 73.4 Å². The van der Waals surface area contributed by atoms with Gasteiger partial charge in [-0.2, -0.15) is 0 Å². The molecule has 0 heterocycles. The normalized spacial score (nSPS) is 19.9. The summed E-state index contributed by atoms with van der Waals surface area (Å²) in [5.74, 6) is 1.86. The van der Waals surface area contributed by atoms with Crippen LogP contribution in [0.3, 0.4) is 0 Å². The van der Waals surface area contributed by atoms with Crippen molar-refractivity contribution >= 4 is 12.0 Å². The van der Waals surface area contributed by atoms with E-state index >= 15 is 0 Å². The lowest BCUT2D eigenvalue weighted by Gasteiger charge is -2.34. The molecule has 0 saturated heterocycles. The highest BCUT2D eigenvalue weighted by molar-refractivity contribution is 5.75. The van der Waals surface area contributed by atoms with E-state index in [0.717, 1.165) is 17.7 Å². The molecule has 0 amide bonds. The number of ether oxygens (including phenoxy) is 1. The summed E-state index contributed by atoms with van der Waals surface area (Å²) in [6, 6.07) is 16.5. The Bertz CT molecular complexity index is 829. The van der Waals surface area contributed by atoms with Crippen LogP contribution in [0.2, 0.25) is 0 Å². The second-order valence-electron chi connectivity index (χ2n) is 8.09. The van der Waals surface area contributed by atoms with Gasteiger partial charge in [-0.15, -0.1) is 0 Å². The molecule has 2 aromatic rings. The van der Waals surface area contributed by atoms with Crippen molar-refractivity contribution in [3.05, 3.63) is 76.5 Å². The number of carbonyl (C=O) groups is 1. The monoisotopic (exact) mass is 360 g/mol. The third kappa shape index (κ3) is 4.32. The van der Waals surface area contributed by atoms with Crippen molar-refractivity contribution in [3.63, 3.8) is 0 Å². The number of benzene rings is 2. The molecule has 140 valence electrons. The van der Waals surface area contributed by atoms with Gasteiger partial charge in [0.2, 0.25) is 0 Å². The molecule has 0 radical (unpaired) electrons. The largest absolute Gasteiger partial charge is 0.431 e. The highest BCUT2D eigenvalue weighted by Gasteiger charge is 2.31. The maximum Gasteiger partial charge on any atom is 0.315 e. The van der Waals surface area contributed by atoms with Crippen LogP contribution in [0.15, 0.2) is 54.3 Å². The van der Waals surface area contributed by atoms with Gasteiger partial charge < -0.3 is 4.74 Å². The molecule has 2 aliphatic rings. The van der Waals surface area contributed by atoms with E-state index in [1.165, 1.54) is 48.8 Å². The molecular formula is C25H28O2. The first kappa shape index (κ1) is 18.0. The Morgan fingerprint density at radius 3 is 2.59 bits per heavy atom.